The van der Waals surface area contributed by atoms with Crippen LogP contribution in [0.2, 0.25) is 0 Å². The first-order valence-electron chi connectivity index (χ1n) is 9.99. The van der Waals surface area contributed by atoms with Crippen LogP contribution >= 0.6 is 0 Å². The van der Waals surface area contributed by atoms with Crippen LogP contribution in [0.5, 0.6) is 0 Å². The van der Waals surface area contributed by atoms with Crippen LogP contribution in [-0.2, 0) is 19.0 Å². The van der Waals surface area contributed by atoms with E-state index in [1.807, 2.05) is 6.08 Å². The number of hydrogen-bond donors (Lipinski definition) is 0. The lowest BCUT2D eigenvalue weighted by molar-refractivity contribution is -0.436. The van der Waals surface area contributed by atoms with Gasteiger partial charge in [0.2, 0.25) is 0 Å². The summed E-state index contributed by atoms with van der Waals surface area (Å²) in [6, 6.07) is 0. The molecule has 6 atom stereocenters. The third kappa shape index (κ3) is 1.91. The number of hydrogen-bond acceptors (Lipinski definition) is 4. The molecule has 4 fully saturated rings. The van der Waals surface area contributed by atoms with E-state index in [9.17, 15) is 4.79 Å². The molecule has 0 N–H and O–H groups in total. The summed E-state index contributed by atoms with van der Waals surface area (Å²) in [6.45, 7) is 5.15. The monoisotopic (exact) mass is 346 g/mol. The van der Waals surface area contributed by atoms with E-state index >= 15 is 0 Å². The van der Waals surface area contributed by atoms with Gasteiger partial charge in [-0.15, -0.1) is 0 Å². The second kappa shape index (κ2) is 5.17. The third-order valence-corrected chi connectivity index (χ3v) is 8.86. The summed E-state index contributed by atoms with van der Waals surface area (Å²) in [5.41, 5.74) is 1.52. The predicted octanol–water partition coefficient (Wildman–Crippen LogP) is 3.84. The van der Waals surface area contributed by atoms with Crippen LogP contribution in [0.15, 0.2) is 11.6 Å². The Labute approximate surface area is 150 Å². The number of rotatable bonds is 1. The maximum absolute atomic E-state index is 13.2. The van der Waals surface area contributed by atoms with Crippen molar-refractivity contribution < 1.29 is 19.0 Å². The Kier molecular flexibility index (Phi) is 3.41. The van der Waals surface area contributed by atoms with Crippen molar-refractivity contribution in [2.45, 2.75) is 70.7 Å². The number of ketones is 1. The molecule has 5 aliphatic rings. The molecule has 5 rings (SSSR count). The highest BCUT2D eigenvalue weighted by atomic mass is 16.9. The lowest BCUT2D eigenvalue weighted by Crippen LogP contribution is -2.61. The Bertz CT molecular complexity index is 636. The molecule has 1 aliphatic heterocycles. The molecular formula is C21H30O4. The summed E-state index contributed by atoms with van der Waals surface area (Å²) in [4.78, 5) is 13.2. The van der Waals surface area contributed by atoms with Crippen LogP contribution in [0, 0.1) is 28.6 Å². The predicted molar refractivity (Wildman–Crippen MR) is 92.7 cm³/mol. The van der Waals surface area contributed by atoms with Crippen molar-refractivity contribution in [3.63, 3.8) is 0 Å². The number of ether oxygens (including phenoxy) is 3. The zero-order valence-corrected chi connectivity index (χ0v) is 15.7. The van der Waals surface area contributed by atoms with E-state index < -0.39 is 5.79 Å². The number of carbonyl (C=O) groups excluding carboxylic acids is 1. The molecule has 4 heteroatoms. The minimum absolute atomic E-state index is 0.00644. The highest BCUT2D eigenvalue weighted by molar-refractivity contribution is 5.94. The molecule has 4 aliphatic carbocycles. The van der Waals surface area contributed by atoms with Crippen molar-refractivity contribution in [2.75, 3.05) is 13.9 Å². The van der Waals surface area contributed by atoms with E-state index in [1.165, 1.54) is 5.57 Å². The molecule has 0 aromatic rings. The maximum Gasteiger partial charge on any atom is 0.179 e. The molecular weight excluding hydrogens is 316 g/mol. The van der Waals surface area contributed by atoms with Crippen LogP contribution in [0.1, 0.15) is 58.8 Å². The van der Waals surface area contributed by atoms with Gasteiger partial charge >= 0.3 is 0 Å². The van der Waals surface area contributed by atoms with E-state index in [1.54, 1.807) is 7.11 Å². The van der Waals surface area contributed by atoms with E-state index in [0.29, 0.717) is 24.4 Å². The first-order chi connectivity index (χ1) is 11.9. The van der Waals surface area contributed by atoms with Gasteiger partial charge in [-0.1, -0.05) is 19.4 Å². The van der Waals surface area contributed by atoms with Gasteiger partial charge in [0.1, 0.15) is 0 Å². The minimum Gasteiger partial charge on any atom is -0.381 e. The Balaban J connectivity index is 1.52. The zero-order valence-electron chi connectivity index (χ0n) is 15.7. The van der Waals surface area contributed by atoms with Crippen molar-refractivity contribution >= 4 is 5.78 Å². The fourth-order valence-corrected chi connectivity index (χ4v) is 7.20. The van der Waals surface area contributed by atoms with E-state index in [0.717, 1.165) is 44.9 Å². The zero-order chi connectivity index (χ0) is 17.4. The molecule has 1 spiro atoms. The van der Waals surface area contributed by atoms with Crippen LogP contribution in [-0.4, -0.2) is 31.6 Å². The third-order valence-electron chi connectivity index (χ3n) is 8.86. The number of allylic oxidation sites excluding steroid dienone is 1. The molecule has 0 radical (unpaired) electrons. The summed E-state index contributed by atoms with van der Waals surface area (Å²) < 4.78 is 17.5. The van der Waals surface area contributed by atoms with Gasteiger partial charge in [-0.25, -0.2) is 0 Å². The van der Waals surface area contributed by atoms with Crippen LogP contribution in [0.25, 0.3) is 0 Å². The molecule has 138 valence electrons. The molecule has 25 heavy (non-hydrogen) atoms. The second-order valence-electron chi connectivity index (χ2n) is 9.48. The summed E-state index contributed by atoms with van der Waals surface area (Å²) in [6.07, 6.45) is 9.71. The second-order valence-corrected chi connectivity index (χ2v) is 9.48. The van der Waals surface area contributed by atoms with Crippen molar-refractivity contribution in [2.24, 2.45) is 28.6 Å². The Hall–Kier alpha value is -0.710. The van der Waals surface area contributed by atoms with Gasteiger partial charge in [-0.3, -0.25) is 4.79 Å². The van der Waals surface area contributed by atoms with Gasteiger partial charge in [0.15, 0.2) is 18.4 Å². The molecule has 0 bridgehead atoms. The summed E-state index contributed by atoms with van der Waals surface area (Å²) in [7, 11) is 1.80. The first-order valence-corrected chi connectivity index (χ1v) is 9.99. The molecule has 1 saturated heterocycles. The summed E-state index contributed by atoms with van der Waals surface area (Å²) >= 11 is 0. The maximum atomic E-state index is 13.2. The lowest BCUT2D eigenvalue weighted by Gasteiger charge is -2.60. The van der Waals surface area contributed by atoms with Gasteiger partial charge in [0.25, 0.3) is 0 Å². The Morgan fingerprint density at radius 3 is 2.52 bits per heavy atom. The normalized spacial score (nSPS) is 50.5. The molecule has 1 heterocycles. The number of methoxy groups -OCH3 is 1. The molecule has 3 saturated carbocycles. The van der Waals surface area contributed by atoms with Crippen molar-refractivity contribution in [1.29, 1.82) is 0 Å². The van der Waals surface area contributed by atoms with Gasteiger partial charge in [-0.05, 0) is 61.9 Å². The number of fused-ring (bicyclic) bond motifs is 6. The molecule has 0 aromatic heterocycles. The molecule has 0 amide bonds. The lowest BCUT2D eigenvalue weighted by atomic mass is 9.47. The Morgan fingerprint density at radius 2 is 1.84 bits per heavy atom. The smallest absolute Gasteiger partial charge is 0.179 e. The summed E-state index contributed by atoms with van der Waals surface area (Å²) in [5.74, 6) is 0.988. The molecule has 0 unspecified atom stereocenters. The van der Waals surface area contributed by atoms with Gasteiger partial charge in [0, 0.05) is 24.9 Å². The topological polar surface area (TPSA) is 44.8 Å². The fourth-order valence-electron chi connectivity index (χ4n) is 7.20. The van der Waals surface area contributed by atoms with E-state index in [4.69, 9.17) is 14.2 Å². The molecule has 4 nitrogen and oxygen atoms in total. The largest absolute Gasteiger partial charge is 0.381 e. The molecule has 0 aromatic carbocycles. The van der Waals surface area contributed by atoms with Gasteiger partial charge in [0.05, 0.1) is 6.10 Å². The van der Waals surface area contributed by atoms with Crippen LogP contribution in [0.4, 0.5) is 0 Å². The fraction of sp³-hybridized carbons (Fsp3) is 0.857. The average molecular weight is 346 g/mol. The van der Waals surface area contributed by atoms with E-state index in [2.05, 4.69) is 13.8 Å². The number of carbonyl (C=O) groups is 1. The highest BCUT2D eigenvalue weighted by Crippen LogP contribution is 2.68. The highest BCUT2D eigenvalue weighted by Gasteiger charge is 2.69. The van der Waals surface area contributed by atoms with Gasteiger partial charge in [-0.2, -0.15) is 0 Å². The van der Waals surface area contributed by atoms with Crippen molar-refractivity contribution in [1.82, 2.24) is 0 Å². The standard InChI is InChI=1S/C21H30O4/c1-19-7-4-14(23-3)10-13(19)11-17(22)18-15(19)5-8-20(2)16(18)6-9-21(20)24-12-25-21/h11,14-16,18H,4-10,12H2,1-3H3/t14-,15-,16-,18+,19-,20-/m0/s1. The van der Waals surface area contributed by atoms with E-state index in [-0.39, 0.29) is 22.9 Å². The SMILES string of the molecule is CO[C@H]1CC[C@@]2(C)C(=CC(=O)[C@@H]3[C@@H]2CC[C@@]2(C)[C@H]3CCC23OCO3)C1. The summed E-state index contributed by atoms with van der Waals surface area (Å²) in [5, 5.41) is 0. The van der Waals surface area contributed by atoms with Crippen LogP contribution < -0.4 is 0 Å². The Morgan fingerprint density at radius 1 is 1.08 bits per heavy atom. The quantitative estimate of drug-likeness (QED) is 0.723. The average Bonchev–Trinajstić information content (AvgIpc) is 2.88. The van der Waals surface area contributed by atoms with Crippen LogP contribution in [0.3, 0.4) is 0 Å². The van der Waals surface area contributed by atoms with Crippen molar-refractivity contribution in [3.8, 4) is 0 Å². The van der Waals surface area contributed by atoms with Gasteiger partial charge < -0.3 is 14.2 Å². The minimum atomic E-state index is -0.401. The van der Waals surface area contributed by atoms with Crippen molar-refractivity contribution in [3.05, 3.63) is 11.6 Å². The first kappa shape index (κ1) is 16.5.